The van der Waals surface area contributed by atoms with Crippen LogP contribution in [0.2, 0.25) is 0 Å². The van der Waals surface area contributed by atoms with Gasteiger partial charge in [-0.3, -0.25) is 0 Å². The molecule has 4 nitrogen and oxygen atoms in total. The number of carbonyl (C=O) groups is 1. The first kappa shape index (κ1) is 22.0. The Kier molecular flexibility index (Phi) is 6.01. The number of carbonyl (C=O) groups excluding carboxylic acids is 1. The summed E-state index contributed by atoms with van der Waals surface area (Å²) < 4.78 is 5.74. The van der Waals surface area contributed by atoms with Crippen LogP contribution in [0.5, 0.6) is 5.75 Å². The average Bonchev–Trinajstić information content (AvgIpc) is 2.90. The van der Waals surface area contributed by atoms with E-state index in [9.17, 15) is 4.79 Å². The summed E-state index contributed by atoms with van der Waals surface area (Å²) in [7, 11) is 0. The van der Waals surface area contributed by atoms with E-state index in [1.54, 1.807) is 6.07 Å². The summed E-state index contributed by atoms with van der Waals surface area (Å²) in [6.45, 7) is 3.84. The molecule has 0 aliphatic heterocycles. The molecule has 35 heavy (non-hydrogen) atoms. The van der Waals surface area contributed by atoms with Gasteiger partial charge in [-0.25, -0.2) is 4.79 Å². The molecule has 0 saturated carbocycles. The van der Waals surface area contributed by atoms with Crippen molar-refractivity contribution in [3.05, 3.63) is 139 Å². The van der Waals surface area contributed by atoms with Gasteiger partial charge in [0.25, 0.3) is 0 Å². The number of benzene rings is 5. The van der Waals surface area contributed by atoms with E-state index in [1.807, 2.05) is 91.0 Å². The van der Waals surface area contributed by atoms with E-state index in [0.717, 1.165) is 33.4 Å². The van der Waals surface area contributed by atoms with Crippen LogP contribution in [0.3, 0.4) is 0 Å². The lowest BCUT2D eigenvalue weighted by atomic mass is 9.98. The van der Waals surface area contributed by atoms with Gasteiger partial charge < -0.3 is 15.4 Å². The number of rotatable bonds is 6. The van der Waals surface area contributed by atoms with Crippen LogP contribution in [-0.2, 0) is 0 Å². The molecule has 0 spiro atoms. The lowest BCUT2D eigenvalue weighted by Crippen LogP contribution is -2.11. The van der Waals surface area contributed by atoms with Crippen LogP contribution in [-0.4, -0.2) is 5.97 Å². The first-order valence-electron chi connectivity index (χ1n) is 11.3. The van der Waals surface area contributed by atoms with E-state index in [2.05, 4.69) is 35.7 Å². The van der Waals surface area contributed by atoms with Gasteiger partial charge in [0.15, 0.2) is 0 Å². The third kappa shape index (κ3) is 4.50. The maximum absolute atomic E-state index is 13.1. The number of nitrogens with zero attached hydrogens (tertiary/aromatic N) is 1. The van der Waals surface area contributed by atoms with Crippen molar-refractivity contribution < 1.29 is 9.53 Å². The van der Waals surface area contributed by atoms with E-state index >= 15 is 0 Å². The van der Waals surface area contributed by atoms with Crippen molar-refractivity contribution in [3.8, 4) is 5.75 Å². The summed E-state index contributed by atoms with van der Waals surface area (Å²) >= 11 is 0. The summed E-state index contributed by atoms with van der Waals surface area (Å²) in [5.41, 5.74) is 10.7. The fourth-order valence-corrected chi connectivity index (χ4v) is 4.18. The molecule has 0 radical (unpaired) electrons. The van der Waals surface area contributed by atoms with Crippen LogP contribution in [0.1, 0.15) is 15.9 Å². The van der Waals surface area contributed by atoms with Gasteiger partial charge in [-0.1, -0.05) is 73.3 Å². The predicted octanol–water partition coefficient (Wildman–Crippen LogP) is 7.46. The number of esters is 1. The quantitative estimate of drug-likeness (QED) is 0.213. The molecule has 0 aliphatic carbocycles. The number of hydrogen-bond donors (Lipinski definition) is 1. The second-order valence-electron chi connectivity index (χ2n) is 8.12. The molecule has 5 aromatic carbocycles. The molecule has 0 saturated heterocycles. The molecule has 0 aromatic heterocycles. The van der Waals surface area contributed by atoms with Crippen molar-refractivity contribution in [3.63, 3.8) is 0 Å². The Labute approximate surface area is 204 Å². The monoisotopic (exact) mass is 456 g/mol. The Hall–Kier alpha value is -4.83. The number of para-hydroxylation sites is 2. The molecule has 5 rings (SSSR count). The van der Waals surface area contributed by atoms with Gasteiger partial charge in [0.05, 0.1) is 5.56 Å². The van der Waals surface area contributed by atoms with Crippen molar-refractivity contribution in [1.29, 1.82) is 0 Å². The van der Waals surface area contributed by atoms with Gasteiger partial charge in [-0.15, -0.1) is 0 Å². The van der Waals surface area contributed by atoms with Gasteiger partial charge in [0.1, 0.15) is 5.75 Å². The van der Waals surface area contributed by atoms with E-state index in [1.165, 1.54) is 0 Å². The first-order valence-corrected chi connectivity index (χ1v) is 11.3. The van der Waals surface area contributed by atoms with Crippen LogP contribution in [0, 0.1) is 0 Å². The Morgan fingerprint density at radius 2 is 1.06 bits per heavy atom. The molecule has 0 unspecified atom stereocenters. The smallest absolute Gasteiger partial charge is 0.344 e. The van der Waals surface area contributed by atoms with Crippen LogP contribution < -0.4 is 15.4 Å². The van der Waals surface area contributed by atoms with E-state index in [4.69, 9.17) is 10.5 Å². The molecule has 2 N–H and O–H groups in total. The summed E-state index contributed by atoms with van der Waals surface area (Å²) in [5, 5.41) is 1.64. The van der Waals surface area contributed by atoms with Crippen molar-refractivity contribution in [1.82, 2.24) is 0 Å². The molecule has 4 heteroatoms. The third-order valence-electron chi connectivity index (χ3n) is 5.82. The van der Waals surface area contributed by atoms with E-state index in [0.29, 0.717) is 17.0 Å². The SMILES string of the molecule is C=C(N)c1ccc(C(=O)Oc2ccc(N(c3ccccc3)c3ccccc3)cc2)c2ccccc12. The number of fused-ring (bicyclic) bond motifs is 1. The zero-order valence-electron chi connectivity index (χ0n) is 19.1. The largest absolute Gasteiger partial charge is 0.423 e. The van der Waals surface area contributed by atoms with Crippen molar-refractivity contribution in [2.75, 3.05) is 4.90 Å². The topological polar surface area (TPSA) is 55.6 Å². The average molecular weight is 457 g/mol. The number of anilines is 3. The predicted molar refractivity (Wildman–Crippen MR) is 143 cm³/mol. The molecule has 0 heterocycles. The fourth-order valence-electron chi connectivity index (χ4n) is 4.18. The van der Waals surface area contributed by atoms with Gasteiger partial charge in [0.2, 0.25) is 0 Å². The molecule has 0 atom stereocenters. The van der Waals surface area contributed by atoms with Crippen LogP contribution in [0.4, 0.5) is 17.1 Å². The molecular weight excluding hydrogens is 432 g/mol. The van der Waals surface area contributed by atoms with Gasteiger partial charge in [-0.2, -0.15) is 0 Å². The molecule has 170 valence electrons. The van der Waals surface area contributed by atoms with E-state index in [-0.39, 0.29) is 0 Å². The lowest BCUT2D eigenvalue weighted by molar-refractivity contribution is 0.0737. The summed E-state index contributed by atoms with van der Waals surface area (Å²) in [6.07, 6.45) is 0. The summed E-state index contributed by atoms with van der Waals surface area (Å²) in [6, 6.07) is 38.9. The molecule has 5 aromatic rings. The molecular formula is C31H24N2O2. The summed E-state index contributed by atoms with van der Waals surface area (Å²) in [4.78, 5) is 15.2. The number of nitrogens with two attached hydrogens (primary N) is 1. The maximum Gasteiger partial charge on any atom is 0.344 e. The fraction of sp³-hybridized carbons (Fsp3) is 0. The van der Waals surface area contributed by atoms with Crippen LogP contribution in [0.15, 0.2) is 128 Å². The first-order chi connectivity index (χ1) is 17.1. The Morgan fingerprint density at radius 3 is 1.60 bits per heavy atom. The van der Waals surface area contributed by atoms with Gasteiger partial charge >= 0.3 is 5.97 Å². The van der Waals surface area contributed by atoms with Crippen LogP contribution >= 0.6 is 0 Å². The van der Waals surface area contributed by atoms with E-state index < -0.39 is 5.97 Å². The Balaban J connectivity index is 1.44. The van der Waals surface area contributed by atoms with Crippen molar-refractivity contribution in [2.24, 2.45) is 5.73 Å². The highest BCUT2D eigenvalue weighted by Gasteiger charge is 2.16. The zero-order chi connectivity index (χ0) is 24.2. The highest BCUT2D eigenvalue weighted by Crippen LogP contribution is 2.35. The molecule has 0 fully saturated rings. The second-order valence-corrected chi connectivity index (χ2v) is 8.12. The van der Waals surface area contributed by atoms with Gasteiger partial charge in [0, 0.05) is 28.3 Å². The van der Waals surface area contributed by atoms with Crippen molar-refractivity contribution >= 4 is 39.5 Å². The highest BCUT2D eigenvalue weighted by molar-refractivity contribution is 6.08. The zero-order valence-corrected chi connectivity index (χ0v) is 19.1. The Morgan fingerprint density at radius 1 is 0.600 bits per heavy atom. The highest BCUT2D eigenvalue weighted by atomic mass is 16.5. The number of ether oxygens (including phenoxy) is 1. The molecule has 0 aliphatic rings. The van der Waals surface area contributed by atoms with Gasteiger partial charge in [-0.05, 0) is 65.4 Å². The third-order valence-corrected chi connectivity index (χ3v) is 5.82. The number of hydrogen-bond acceptors (Lipinski definition) is 4. The maximum atomic E-state index is 13.1. The minimum atomic E-state index is -0.425. The normalized spacial score (nSPS) is 10.6. The standard InChI is InChI=1S/C31H24N2O2/c1-22(32)27-20-21-30(29-15-9-8-14-28(27)29)31(34)35-26-18-16-25(17-19-26)33(23-10-4-2-5-11-23)24-12-6-3-7-13-24/h2-21H,1,32H2. The molecule has 0 amide bonds. The lowest BCUT2D eigenvalue weighted by Gasteiger charge is -2.25. The summed E-state index contributed by atoms with van der Waals surface area (Å²) in [5.74, 6) is 0.0438. The Bertz CT molecular complexity index is 1450. The van der Waals surface area contributed by atoms with Crippen LogP contribution in [0.25, 0.3) is 16.5 Å². The van der Waals surface area contributed by atoms with Crippen molar-refractivity contribution in [2.45, 2.75) is 0 Å². The second kappa shape index (κ2) is 9.57. The molecule has 0 bridgehead atoms. The minimum Gasteiger partial charge on any atom is -0.423 e. The minimum absolute atomic E-state index is 0.425.